The van der Waals surface area contributed by atoms with Gasteiger partial charge in [-0.2, -0.15) is 0 Å². The largest absolute Gasteiger partial charge is 0.462 e. The second-order valence-corrected chi connectivity index (χ2v) is 22.3. The first-order chi connectivity index (χ1) is 37.5. The minimum absolute atomic E-state index is 0.0861. The van der Waals surface area contributed by atoms with Crippen LogP contribution in [-0.4, -0.2) is 37.2 Å². The Morgan fingerprint density at radius 3 is 0.882 bits per heavy atom. The Morgan fingerprint density at radius 2 is 0.539 bits per heavy atom. The number of esters is 3. The Labute approximate surface area is 472 Å². The number of carbonyl (C=O) groups excluding carboxylic acids is 3. The van der Waals surface area contributed by atoms with Crippen molar-refractivity contribution < 1.29 is 28.6 Å². The van der Waals surface area contributed by atoms with Crippen LogP contribution in [0.4, 0.5) is 0 Å². The number of carbonyl (C=O) groups is 3. The quantitative estimate of drug-likeness (QED) is 0.0261. The van der Waals surface area contributed by atoms with Crippen molar-refractivity contribution in [3.05, 3.63) is 60.8 Å². The molecule has 0 aliphatic carbocycles. The summed E-state index contributed by atoms with van der Waals surface area (Å²) in [4.78, 5) is 38.1. The summed E-state index contributed by atoms with van der Waals surface area (Å²) in [7, 11) is 0. The maximum atomic E-state index is 12.8. The molecule has 0 aliphatic heterocycles. The van der Waals surface area contributed by atoms with E-state index in [1.54, 1.807) is 0 Å². The lowest BCUT2D eigenvalue weighted by atomic mass is 10.0. The van der Waals surface area contributed by atoms with E-state index in [9.17, 15) is 14.4 Å². The van der Waals surface area contributed by atoms with Crippen molar-refractivity contribution in [1.29, 1.82) is 0 Å². The smallest absolute Gasteiger partial charge is 0.306 e. The van der Waals surface area contributed by atoms with Crippen LogP contribution in [0.5, 0.6) is 0 Å². The van der Waals surface area contributed by atoms with Crippen LogP contribution in [0.15, 0.2) is 60.8 Å². The van der Waals surface area contributed by atoms with Gasteiger partial charge in [0.15, 0.2) is 6.10 Å². The summed E-state index contributed by atoms with van der Waals surface area (Å²) in [6.07, 6.45) is 82.9. The monoisotopic (exact) mass is 1060 g/mol. The summed E-state index contributed by atoms with van der Waals surface area (Å²) in [6.45, 7) is 6.46. The first kappa shape index (κ1) is 73.1. The molecule has 0 radical (unpaired) electrons. The van der Waals surface area contributed by atoms with Crippen LogP contribution in [0.3, 0.4) is 0 Å². The molecule has 6 nitrogen and oxygen atoms in total. The van der Waals surface area contributed by atoms with Gasteiger partial charge in [-0.25, -0.2) is 0 Å². The number of rotatable bonds is 61. The zero-order chi connectivity index (χ0) is 55.0. The standard InChI is InChI=1S/C70H126O6/c1-4-7-10-13-16-19-22-24-25-26-27-28-29-30-31-32-33-34-35-36-37-38-39-40-41-42-43-44-45-47-48-51-54-57-60-63-69(72)75-66-67(65-74-68(71)62-59-56-53-50-21-18-15-12-9-6-3)76-70(73)64-61-58-55-52-49-46-23-20-17-14-11-8-5-2/h8,11-12,15,17,20,26-27,46,49,67H,4-7,9-10,13-14,16,18-19,21-25,28-45,47-48,50-66H2,1-3H3/b11-8-,15-12-,20-17-,27-26-,49-46-. The van der Waals surface area contributed by atoms with Crippen LogP contribution in [0.2, 0.25) is 0 Å². The maximum absolute atomic E-state index is 12.8. The molecular formula is C70H126O6. The molecule has 0 aliphatic rings. The van der Waals surface area contributed by atoms with E-state index in [-0.39, 0.29) is 31.1 Å². The van der Waals surface area contributed by atoms with Crippen LogP contribution in [-0.2, 0) is 28.6 Å². The van der Waals surface area contributed by atoms with Gasteiger partial charge in [0.05, 0.1) is 0 Å². The lowest BCUT2D eigenvalue weighted by molar-refractivity contribution is -0.167. The summed E-state index contributed by atoms with van der Waals surface area (Å²) in [5.41, 5.74) is 0. The van der Waals surface area contributed by atoms with Crippen LogP contribution < -0.4 is 0 Å². The highest BCUT2D eigenvalue weighted by molar-refractivity contribution is 5.71. The molecule has 1 unspecified atom stereocenters. The molecule has 0 bridgehead atoms. The Hall–Kier alpha value is -2.89. The van der Waals surface area contributed by atoms with Crippen LogP contribution in [0, 0.1) is 0 Å². The topological polar surface area (TPSA) is 78.9 Å². The van der Waals surface area contributed by atoms with Gasteiger partial charge in [0.2, 0.25) is 0 Å². The first-order valence-corrected chi connectivity index (χ1v) is 33.3. The molecule has 6 heteroatoms. The van der Waals surface area contributed by atoms with Crippen LogP contribution in [0.1, 0.15) is 348 Å². The second kappa shape index (κ2) is 64.6. The Balaban J connectivity index is 3.98. The predicted molar refractivity (Wildman–Crippen MR) is 330 cm³/mol. The third-order valence-electron chi connectivity index (χ3n) is 14.7. The summed E-state index contributed by atoms with van der Waals surface area (Å²) in [6, 6.07) is 0. The van der Waals surface area contributed by atoms with E-state index in [1.807, 2.05) is 0 Å². The molecule has 76 heavy (non-hydrogen) atoms. The molecule has 1 atom stereocenters. The van der Waals surface area contributed by atoms with Crippen LogP contribution >= 0.6 is 0 Å². The Bertz CT molecular complexity index is 1360. The van der Waals surface area contributed by atoms with E-state index in [4.69, 9.17) is 14.2 Å². The number of ether oxygens (including phenoxy) is 3. The maximum Gasteiger partial charge on any atom is 0.306 e. The molecule has 0 spiro atoms. The van der Waals surface area contributed by atoms with Crippen molar-refractivity contribution >= 4 is 17.9 Å². The average Bonchev–Trinajstić information content (AvgIpc) is 3.42. The summed E-state index contributed by atoms with van der Waals surface area (Å²) in [5, 5.41) is 0. The van der Waals surface area contributed by atoms with Crippen molar-refractivity contribution in [1.82, 2.24) is 0 Å². The molecule has 0 fully saturated rings. The third-order valence-corrected chi connectivity index (χ3v) is 14.7. The fraction of sp³-hybridized carbons (Fsp3) is 0.814. The van der Waals surface area contributed by atoms with Gasteiger partial charge in [-0.3, -0.25) is 14.4 Å². The fourth-order valence-electron chi connectivity index (χ4n) is 9.75. The van der Waals surface area contributed by atoms with E-state index < -0.39 is 6.10 Å². The number of allylic oxidation sites excluding steroid dienone is 10. The van der Waals surface area contributed by atoms with Gasteiger partial charge in [-0.1, -0.05) is 293 Å². The van der Waals surface area contributed by atoms with Crippen molar-refractivity contribution in [2.45, 2.75) is 354 Å². The minimum atomic E-state index is -0.790. The normalized spacial score (nSPS) is 12.4. The fourth-order valence-corrected chi connectivity index (χ4v) is 9.75. The Morgan fingerprint density at radius 1 is 0.276 bits per heavy atom. The van der Waals surface area contributed by atoms with Gasteiger partial charge in [-0.05, 0) is 96.3 Å². The molecule has 0 aromatic carbocycles. The lowest BCUT2D eigenvalue weighted by Crippen LogP contribution is -2.30. The molecule has 0 saturated carbocycles. The van der Waals surface area contributed by atoms with Crippen molar-refractivity contribution in [2.24, 2.45) is 0 Å². The lowest BCUT2D eigenvalue weighted by Gasteiger charge is -2.18. The summed E-state index contributed by atoms with van der Waals surface area (Å²) < 4.78 is 16.8. The molecule has 0 heterocycles. The number of unbranched alkanes of at least 4 members (excludes halogenated alkanes) is 40. The molecule has 0 saturated heterocycles. The molecular weight excluding hydrogens is 937 g/mol. The number of hydrogen-bond acceptors (Lipinski definition) is 6. The predicted octanol–water partition coefficient (Wildman–Crippen LogP) is 22.7. The van der Waals surface area contributed by atoms with Crippen molar-refractivity contribution in [3.8, 4) is 0 Å². The average molecular weight is 1060 g/mol. The van der Waals surface area contributed by atoms with Crippen molar-refractivity contribution in [2.75, 3.05) is 13.2 Å². The highest BCUT2D eigenvalue weighted by Gasteiger charge is 2.19. The van der Waals surface area contributed by atoms with Gasteiger partial charge in [0, 0.05) is 19.3 Å². The molecule has 0 amide bonds. The van der Waals surface area contributed by atoms with Gasteiger partial charge in [-0.15, -0.1) is 0 Å². The third kappa shape index (κ3) is 62.0. The molecule has 0 aromatic heterocycles. The van der Waals surface area contributed by atoms with Gasteiger partial charge >= 0.3 is 17.9 Å². The van der Waals surface area contributed by atoms with E-state index in [0.29, 0.717) is 19.3 Å². The Kier molecular flexibility index (Phi) is 62.2. The summed E-state index contributed by atoms with van der Waals surface area (Å²) >= 11 is 0. The van der Waals surface area contributed by atoms with E-state index in [1.165, 1.54) is 212 Å². The highest BCUT2D eigenvalue weighted by Crippen LogP contribution is 2.18. The molecule has 0 aromatic rings. The molecule has 0 rings (SSSR count). The SMILES string of the molecule is CC/C=C\C/C=C\C/C=C\CCCCCC(=O)OC(COC(=O)CCCCCCC/C=C\CCC)COC(=O)CCCCCCCCCCCCCCCCCCCCCCCCC/C=C\CCCCCCCCCC. The molecule has 0 N–H and O–H groups in total. The van der Waals surface area contributed by atoms with Gasteiger partial charge in [0.25, 0.3) is 0 Å². The molecule has 442 valence electrons. The number of hydrogen-bond donors (Lipinski definition) is 0. The van der Waals surface area contributed by atoms with E-state index in [2.05, 4.69) is 81.5 Å². The van der Waals surface area contributed by atoms with Crippen molar-refractivity contribution in [3.63, 3.8) is 0 Å². The highest BCUT2D eigenvalue weighted by atomic mass is 16.6. The van der Waals surface area contributed by atoms with Gasteiger partial charge < -0.3 is 14.2 Å². The van der Waals surface area contributed by atoms with Crippen LogP contribution in [0.25, 0.3) is 0 Å². The second-order valence-electron chi connectivity index (χ2n) is 22.3. The van der Waals surface area contributed by atoms with E-state index in [0.717, 1.165) is 96.3 Å². The zero-order valence-electron chi connectivity index (χ0n) is 50.8. The summed E-state index contributed by atoms with van der Waals surface area (Å²) in [5.74, 6) is -0.914. The zero-order valence-corrected chi connectivity index (χ0v) is 50.8. The van der Waals surface area contributed by atoms with E-state index >= 15 is 0 Å². The van der Waals surface area contributed by atoms with Gasteiger partial charge in [0.1, 0.15) is 13.2 Å². The minimum Gasteiger partial charge on any atom is -0.462 e. The first-order valence-electron chi connectivity index (χ1n) is 33.3.